The Labute approximate surface area is 70.8 Å². The first-order valence-corrected chi connectivity index (χ1v) is 3.84. The minimum absolute atomic E-state index is 0.0179. The van der Waals surface area contributed by atoms with Crippen molar-refractivity contribution in [3.8, 4) is 0 Å². The summed E-state index contributed by atoms with van der Waals surface area (Å²) < 4.78 is 1.47. The molecular formula is C7H12N4O. The predicted octanol–water partition coefficient (Wildman–Crippen LogP) is -0.393. The van der Waals surface area contributed by atoms with Crippen LogP contribution in [0.2, 0.25) is 0 Å². The van der Waals surface area contributed by atoms with Crippen molar-refractivity contribution in [3.05, 3.63) is 11.9 Å². The molecule has 0 aliphatic rings. The molecule has 0 amide bonds. The molecule has 1 N–H and O–H groups in total. The molecule has 5 nitrogen and oxygen atoms in total. The van der Waals surface area contributed by atoms with Gasteiger partial charge in [0, 0.05) is 7.05 Å². The number of carbonyl (C=O) groups excluding carboxylic acids is 1. The largest absolute Gasteiger partial charge is 0.310 e. The van der Waals surface area contributed by atoms with Crippen LogP contribution in [0.15, 0.2) is 6.20 Å². The molecule has 5 heteroatoms. The fourth-order valence-electron chi connectivity index (χ4n) is 0.871. The van der Waals surface area contributed by atoms with E-state index in [0.717, 1.165) is 6.54 Å². The van der Waals surface area contributed by atoms with Crippen LogP contribution in [0.1, 0.15) is 17.4 Å². The van der Waals surface area contributed by atoms with Gasteiger partial charge < -0.3 is 5.32 Å². The van der Waals surface area contributed by atoms with Crippen molar-refractivity contribution in [3.63, 3.8) is 0 Å². The summed E-state index contributed by atoms with van der Waals surface area (Å²) in [4.78, 5) is 11.3. The summed E-state index contributed by atoms with van der Waals surface area (Å²) in [5.74, 6) is 0.0179. The summed E-state index contributed by atoms with van der Waals surface area (Å²) in [5.41, 5.74) is 0.538. The number of likely N-dealkylation sites (N-methyl/N-ethyl adjacent to an activating group) is 1. The highest BCUT2D eigenvalue weighted by atomic mass is 16.1. The maximum absolute atomic E-state index is 11.3. The zero-order chi connectivity index (χ0) is 8.97. The summed E-state index contributed by atoms with van der Waals surface area (Å²) >= 11 is 0. The number of ketones is 1. The van der Waals surface area contributed by atoms with Crippen LogP contribution >= 0.6 is 0 Å². The normalized spacial score (nSPS) is 10.2. The van der Waals surface area contributed by atoms with Crippen molar-refractivity contribution in [2.24, 2.45) is 7.05 Å². The SMILES string of the molecule is CCNCC(=O)c1cnnn1C. The molecule has 0 saturated heterocycles. The summed E-state index contributed by atoms with van der Waals surface area (Å²) in [6.07, 6.45) is 1.47. The number of aromatic nitrogens is 3. The van der Waals surface area contributed by atoms with Gasteiger partial charge in [-0.15, -0.1) is 5.10 Å². The molecule has 0 aliphatic heterocycles. The van der Waals surface area contributed by atoms with Gasteiger partial charge in [-0.05, 0) is 6.54 Å². The third-order valence-corrected chi connectivity index (χ3v) is 1.54. The van der Waals surface area contributed by atoms with Crippen molar-refractivity contribution >= 4 is 5.78 Å². The lowest BCUT2D eigenvalue weighted by molar-refractivity contribution is 0.0983. The van der Waals surface area contributed by atoms with Crippen molar-refractivity contribution in [1.29, 1.82) is 0 Å². The Morgan fingerprint density at radius 1 is 1.75 bits per heavy atom. The molecule has 12 heavy (non-hydrogen) atoms. The molecule has 0 spiro atoms. The van der Waals surface area contributed by atoms with Crippen LogP contribution < -0.4 is 5.32 Å². The standard InChI is InChI=1S/C7H12N4O/c1-3-8-5-7(12)6-4-9-10-11(6)2/h4,8H,3,5H2,1-2H3. The van der Waals surface area contributed by atoms with Gasteiger partial charge in [0.2, 0.25) is 0 Å². The Balaban J connectivity index is 2.59. The number of Topliss-reactive ketones (excluding diaryl/α,β-unsaturated/α-hetero) is 1. The zero-order valence-electron chi connectivity index (χ0n) is 7.24. The molecular weight excluding hydrogens is 156 g/mol. The molecule has 0 atom stereocenters. The number of carbonyl (C=O) groups is 1. The van der Waals surface area contributed by atoms with Crippen LogP contribution in [0, 0.1) is 0 Å². The summed E-state index contributed by atoms with van der Waals surface area (Å²) in [6, 6.07) is 0. The zero-order valence-corrected chi connectivity index (χ0v) is 7.24. The lowest BCUT2D eigenvalue weighted by Crippen LogP contribution is -2.24. The molecule has 1 aromatic rings. The summed E-state index contributed by atoms with van der Waals surface area (Å²) in [7, 11) is 1.70. The van der Waals surface area contributed by atoms with Gasteiger partial charge in [-0.2, -0.15) is 0 Å². The second kappa shape index (κ2) is 3.96. The highest BCUT2D eigenvalue weighted by Gasteiger charge is 2.08. The lowest BCUT2D eigenvalue weighted by Gasteiger charge is -1.99. The minimum Gasteiger partial charge on any atom is -0.310 e. The molecule has 0 bridgehead atoms. The Morgan fingerprint density at radius 2 is 2.50 bits per heavy atom. The molecule has 0 unspecified atom stereocenters. The smallest absolute Gasteiger partial charge is 0.196 e. The Morgan fingerprint density at radius 3 is 3.00 bits per heavy atom. The molecule has 1 rings (SSSR count). The van der Waals surface area contributed by atoms with E-state index in [1.807, 2.05) is 6.92 Å². The predicted molar refractivity (Wildman–Crippen MR) is 43.9 cm³/mol. The molecule has 0 radical (unpaired) electrons. The van der Waals surface area contributed by atoms with Crippen molar-refractivity contribution in [1.82, 2.24) is 20.3 Å². The number of rotatable bonds is 4. The first-order valence-electron chi connectivity index (χ1n) is 3.84. The maximum Gasteiger partial charge on any atom is 0.196 e. The lowest BCUT2D eigenvalue weighted by atomic mass is 10.3. The van der Waals surface area contributed by atoms with E-state index in [2.05, 4.69) is 15.6 Å². The molecule has 0 saturated carbocycles. The molecule has 0 aliphatic carbocycles. The Kier molecular flexibility index (Phi) is 2.93. The minimum atomic E-state index is 0.0179. The van der Waals surface area contributed by atoms with E-state index in [4.69, 9.17) is 0 Å². The van der Waals surface area contributed by atoms with Gasteiger partial charge in [0.25, 0.3) is 0 Å². The van der Waals surface area contributed by atoms with Gasteiger partial charge in [0.05, 0.1) is 12.7 Å². The van der Waals surface area contributed by atoms with Gasteiger partial charge in [0.1, 0.15) is 5.69 Å². The molecule has 1 heterocycles. The fourth-order valence-corrected chi connectivity index (χ4v) is 0.871. The van der Waals surface area contributed by atoms with Crippen LogP contribution in [0.25, 0.3) is 0 Å². The Bertz CT molecular complexity index is 268. The van der Waals surface area contributed by atoms with Crippen LogP contribution in [-0.4, -0.2) is 33.9 Å². The van der Waals surface area contributed by atoms with Gasteiger partial charge in [0.15, 0.2) is 5.78 Å². The molecule has 0 fully saturated rings. The van der Waals surface area contributed by atoms with Gasteiger partial charge >= 0.3 is 0 Å². The number of hydrogen-bond donors (Lipinski definition) is 1. The first kappa shape index (κ1) is 8.86. The molecule has 66 valence electrons. The quantitative estimate of drug-likeness (QED) is 0.622. The topological polar surface area (TPSA) is 59.8 Å². The highest BCUT2D eigenvalue weighted by molar-refractivity contribution is 5.95. The van der Waals surface area contributed by atoms with E-state index >= 15 is 0 Å². The van der Waals surface area contributed by atoms with Crippen LogP contribution in [0.3, 0.4) is 0 Å². The Hall–Kier alpha value is -1.23. The van der Waals surface area contributed by atoms with Gasteiger partial charge in [-0.3, -0.25) is 4.79 Å². The van der Waals surface area contributed by atoms with E-state index in [1.165, 1.54) is 10.9 Å². The van der Waals surface area contributed by atoms with Crippen LogP contribution in [0.5, 0.6) is 0 Å². The third kappa shape index (κ3) is 1.88. The van der Waals surface area contributed by atoms with Gasteiger partial charge in [-0.1, -0.05) is 12.1 Å². The van der Waals surface area contributed by atoms with Gasteiger partial charge in [-0.25, -0.2) is 4.68 Å². The fraction of sp³-hybridized carbons (Fsp3) is 0.571. The summed E-state index contributed by atoms with van der Waals surface area (Å²) in [5, 5.41) is 10.2. The highest BCUT2D eigenvalue weighted by Crippen LogP contribution is 1.93. The van der Waals surface area contributed by atoms with E-state index in [-0.39, 0.29) is 5.78 Å². The molecule has 1 aromatic heterocycles. The number of hydrogen-bond acceptors (Lipinski definition) is 4. The van der Waals surface area contributed by atoms with Crippen molar-refractivity contribution < 1.29 is 4.79 Å². The van der Waals surface area contributed by atoms with E-state index in [9.17, 15) is 4.79 Å². The van der Waals surface area contributed by atoms with Crippen molar-refractivity contribution in [2.45, 2.75) is 6.92 Å². The maximum atomic E-state index is 11.3. The van der Waals surface area contributed by atoms with E-state index in [1.54, 1.807) is 7.05 Å². The monoisotopic (exact) mass is 168 g/mol. The first-order chi connectivity index (χ1) is 5.75. The van der Waals surface area contributed by atoms with Crippen LogP contribution in [0.4, 0.5) is 0 Å². The average molecular weight is 168 g/mol. The second-order valence-corrected chi connectivity index (χ2v) is 2.45. The number of aryl methyl sites for hydroxylation is 1. The second-order valence-electron chi connectivity index (χ2n) is 2.45. The number of nitrogens with zero attached hydrogens (tertiary/aromatic N) is 3. The van der Waals surface area contributed by atoms with E-state index < -0.39 is 0 Å². The van der Waals surface area contributed by atoms with E-state index in [0.29, 0.717) is 12.2 Å². The third-order valence-electron chi connectivity index (χ3n) is 1.54. The van der Waals surface area contributed by atoms with Crippen molar-refractivity contribution in [2.75, 3.05) is 13.1 Å². The summed E-state index contributed by atoms with van der Waals surface area (Å²) in [6.45, 7) is 3.09. The number of nitrogens with one attached hydrogen (secondary N) is 1. The van der Waals surface area contributed by atoms with Crippen LogP contribution in [-0.2, 0) is 7.05 Å². The molecule has 0 aromatic carbocycles. The average Bonchev–Trinajstić information content (AvgIpc) is 2.47.